The predicted octanol–water partition coefficient (Wildman–Crippen LogP) is 0.786. The number of rotatable bonds is 5. The van der Waals surface area contributed by atoms with Gasteiger partial charge in [-0.25, -0.2) is 4.98 Å². The molecule has 0 aliphatic heterocycles. The number of H-pyrrole nitrogens is 1. The number of ether oxygens (including phenoxy) is 1. The van der Waals surface area contributed by atoms with Crippen LogP contribution in [0.15, 0.2) is 31.0 Å². The molecule has 0 bridgehead atoms. The van der Waals surface area contributed by atoms with E-state index in [0.29, 0.717) is 24.3 Å². The van der Waals surface area contributed by atoms with Crippen molar-refractivity contribution in [1.29, 1.82) is 0 Å². The van der Waals surface area contributed by atoms with E-state index in [2.05, 4.69) is 20.3 Å². The molecule has 0 aliphatic rings. The lowest BCUT2D eigenvalue weighted by atomic mass is 10.2. The van der Waals surface area contributed by atoms with Crippen molar-refractivity contribution >= 4 is 5.91 Å². The van der Waals surface area contributed by atoms with Gasteiger partial charge in [0.2, 0.25) is 0 Å². The van der Waals surface area contributed by atoms with Crippen molar-refractivity contribution in [2.45, 2.75) is 6.42 Å². The number of nitrogens with zero attached hydrogens (tertiary/aromatic N) is 2. The third-order valence-corrected chi connectivity index (χ3v) is 2.48. The number of aromatic amines is 1. The summed E-state index contributed by atoms with van der Waals surface area (Å²) in [6, 6.07) is 1.63. The van der Waals surface area contributed by atoms with Crippen molar-refractivity contribution in [3.63, 3.8) is 0 Å². The fourth-order valence-corrected chi connectivity index (χ4v) is 1.56. The van der Waals surface area contributed by atoms with Crippen LogP contribution in [0.4, 0.5) is 0 Å². The fourth-order valence-electron chi connectivity index (χ4n) is 1.56. The number of carbonyl (C=O) groups excluding carboxylic acids is 1. The van der Waals surface area contributed by atoms with Crippen LogP contribution < -0.4 is 10.1 Å². The van der Waals surface area contributed by atoms with E-state index >= 15 is 0 Å². The zero-order valence-corrected chi connectivity index (χ0v) is 10.0. The zero-order valence-electron chi connectivity index (χ0n) is 10.0. The highest BCUT2D eigenvalue weighted by atomic mass is 16.5. The lowest BCUT2D eigenvalue weighted by Gasteiger charge is -2.07. The average Bonchev–Trinajstić information content (AvgIpc) is 2.91. The molecule has 6 nitrogen and oxygen atoms in total. The number of imidazole rings is 1. The normalized spacial score (nSPS) is 10.1. The monoisotopic (exact) mass is 246 g/mol. The number of carbonyl (C=O) groups is 1. The third-order valence-electron chi connectivity index (χ3n) is 2.48. The van der Waals surface area contributed by atoms with Gasteiger partial charge in [-0.05, 0) is 6.07 Å². The second-order valence-corrected chi connectivity index (χ2v) is 3.66. The minimum absolute atomic E-state index is 0.172. The minimum Gasteiger partial charge on any atom is -0.494 e. The summed E-state index contributed by atoms with van der Waals surface area (Å²) >= 11 is 0. The Labute approximate surface area is 104 Å². The van der Waals surface area contributed by atoms with E-state index in [1.807, 2.05) is 0 Å². The van der Waals surface area contributed by atoms with Crippen molar-refractivity contribution in [3.05, 3.63) is 42.2 Å². The maximum atomic E-state index is 11.9. The van der Waals surface area contributed by atoms with E-state index in [-0.39, 0.29) is 5.91 Å². The Hall–Kier alpha value is -2.37. The van der Waals surface area contributed by atoms with Crippen LogP contribution in [0.25, 0.3) is 0 Å². The topological polar surface area (TPSA) is 79.9 Å². The smallest absolute Gasteiger partial charge is 0.255 e. The summed E-state index contributed by atoms with van der Waals surface area (Å²) in [5.74, 6) is 0.297. The van der Waals surface area contributed by atoms with Crippen LogP contribution in [-0.2, 0) is 6.42 Å². The van der Waals surface area contributed by atoms with Gasteiger partial charge in [0.15, 0.2) is 0 Å². The molecular formula is C12H14N4O2. The fraction of sp³-hybridized carbons (Fsp3) is 0.250. The molecule has 2 heterocycles. The van der Waals surface area contributed by atoms with Gasteiger partial charge in [-0.15, -0.1) is 0 Å². The molecule has 2 aromatic heterocycles. The number of aromatic nitrogens is 3. The molecule has 0 atom stereocenters. The molecule has 2 aromatic rings. The summed E-state index contributed by atoms with van der Waals surface area (Å²) in [4.78, 5) is 22.7. The van der Waals surface area contributed by atoms with E-state index < -0.39 is 0 Å². The highest BCUT2D eigenvalue weighted by molar-refractivity contribution is 5.96. The first-order valence-electron chi connectivity index (χ1n) is 5.54. The molecule has 2 N–H and O–H groups in total. The molecule has 0 saturated carbocycles. The van der Waals surface area contributed by atoms with Crippen molar-refractivity contribution in [1.82, 2.24) is 20.3 Å². The first-order chi connectivity index (χ1) is 8.81. The van der Waals surface area contributed by atoms with Gasteiger partial charge < -0.3 is 15.0 Å². The number of hydrogen-bond acceptors (Lipinski definition) is 4. The molecule has 0 saturated heterocycles. The highest BCUT2D eigenvalue weighted by Crippen LogP contribution is 2.14. The van der Waals surface area contributed by atoms with Gasteiger partial charge in [0, 0.05) is 31.1 Å². The third kappa shape index (κ3) is 2.85. The summed E-state index contributed by atoms with van der Waals surface area (Å²) in [5.41, 5.74) is 1.47. The quantitative estimate of drug-likeness (QED) is 0.817. The number of methoxy groups -OCH3 is 1. The van der Waals surface area contributed by atoms with E-state index in [1.165, 1.54) is 13.3 Å². The average molecular weight is 246 g/mol. The van der Waals surface area contributed by atoms with Crippen molar-refractivity contribution in [2.75, 3.05) is 13.7 Å². The first-order valence-corrected chi connectivity index (χ1v) is 5.54. The molecular weight excluding hydrogens is 232 g/mol. The van der Waals surface area contributed by atoms with Gasteiger partial charge in [-0.3, -0.25) is 9.78 Å². The van der Waals surface area contributed by atoms with Gasteiger partial charge in [-0.1, -0.05) is 0 Å². The maximum Gasteiger partial charge on any atom is 0.255 e. The molecule has 0 radical (unpaired) electrons. The number of nitrogens with one attached hydrogen (secondary N) is 2. The van der Waals surface area contributed by atoms with Crippen LogP contribution in [0.1, 0.15) is 16.1 Å². The van der Waals surface area contributed by atoms with Crippen molar-refractivity contribution in [2.24, 2.45) is 0 Å². The Balaban J connectivity index is 1.91. The molecule has 94 valence electrons. The second kappa shape index (κ2) is 5.81. The molecule has 18 heavy (non-hydrogen) atoms. The maximum absolute atomic E-state index is 11.9. The summed E-state index contributed by atoms with van der Waals surface area (Å²) < 4.78 is 5.08. The predicted molar refractivity (Wildman–Crippen MR) is 65.4 cm³/mol. The molecule has 0 aliphatic carbocycles. The second-order valence-electron chi connectivity index (χ2n) is 3.66. The molecule has 0 aromatic carbocycles. The summed E-state index contributed by atoms with van der Waals surface area (Å²) in [5, 5.41) is 2.82. The van der Waals surface area contributed by atoms with Crippen molar-refractivity contribution < 1.29 is 9.53 Å². The Bertz CT molecular complexity index is 511. The standard InChI is InChI=1S/C12H14N4O2/c1-18-11-7-13-4-3-10(11)12(17)15-5-2-9-6-14-8-16-9/h3-4,6-8H,2,5H2,1H3,(H,14,16)(H,15,17). The SMILES string of the molecule is COc1cnccc1C(=O)NCCc1cnc[nH]1. The van der Waals surface area contributed by atoms with E-state index in [9.17, 15) is 4.79 Å². The summed E-state index contributed by atoms with van der Waals surface area (Å²) in [6.07, 6.45) is 7.14. The Morgan fingerprint density at radius 2 is 2.33 bits per heavy atom. The van der Waals surface area contributed by atoms with Crippen LogP contribution >= 0.6 is 0 Å². The van der Waals surface area contributed by atoms with Crippen LogP contribution in [0.2, 0.25) is 0 Å². The van der Waals surface area contributed by atoms with Gasteiger partial charge in [0.25, 0.3) is 5.91 Å². The van der Waals surface area contributed by atoms with Crippen LogP contribution in [0.5, 0.6) is 5.75 Å². The van der Waals surface area contributed by atoms with Gasteiger partial charge in [-0.2, -0.15) is 0 Å². The van der Waals surface area contributed by atoms with Crippen LogP contribution in [0.3, 0.4) is 0 Å². The van der Waals surface area contributed by atoms with Gasteiger partial charge in [0.05, 0.1) is 25.2 Å². The Morgan fingerprint density at radius 1 is 1.44 bits per heavy atom. The first kappa shape index (κ1) is 12.1. The molecule has 6 heteroatoms. The number of hydrogen-bond donors (Lipinski definition) is 2. The van der Waals surface area contributed by atoms with E-state index in [0.717, 1.165) is 5.69 Å². The van der Waals surface area contributed by atoms with E-state index in [1.54, 1.807) is 24.8 Å². The lowest BCUT2D eigenvalue weighted by molar-refractivity contribution is 0.0951. The van der Waals surface area contributed by atoms with Crippen molar-refractivity contribution in [3.8, 4) is 5.75 Å². The molecule has 0 unspecified atom stereocenters. The summed E-state index contributed by atoms with van der Waals surface area (Å²) in [7, 11) is 1.51. The van der Waals surface area contributed by atoms with Crippen LogP contribution in [-0.4, -0.2) is 34.5 Å². The number of pyridine rings is 1. The van der Waals surface area contributed by atoms with Gasteiger partial charge in [0.1, 0.15) is 5.75 Å². The lowest BCUT2D eigenvalue weighted by Crippen LogP contribution is -2.26. The molecule has 1 amide bonds. The van der Waals surface area contributed by atoms with Gasteiger partial charge >= 0.3 is 0 Å². The number of amides is 1. The molecule has 2 rings (SSSR count). The Kier molecular flexibility index (Phi) is 3.90. The molecule has 0 fully saturated rings. The summed E-state index contributed by atoms with van der Waals surface area (Å²) in [6.45, 7) is 0.534. The highest BCUT2D eigenvalue weighted by Gasteiger charge is 2.11. The molecule has 0 spiro atoms. The van der Waals surface area contributed by atoms with E-state index in [4.69, 9.17) is 4.74 Å². The largest absolute Gasteiger partial charge is 0.494 e. The Morgan fingerprint density at radius 3 is 3.06 bits per heavy atom. The van der Waals surface area contributed by atoms with Crippen LogP contribution in [0, 0.1) is 0 Å². The minimum atomic E-state index is -0.172. The zero-order chi connectivity index (χ0) is 12.8.